The van der Waals surface area contributed by atoms with Crippen LogP contribution in [0.15, 0.2) is 27.6 Å². The molecule has 70 valence electrons. The number of halogens is 1. The van der Waals surface area contributed by atoms with Crippen molar-refractivity contribution in [3.8, 4) is 0 Å². The van der Waals surface area contributed by atoms with Gasteiger partial charge in [0.1, 0.15) is 4.90 Å². The van der Waals surface area contributed by atoms with E-state index in [4.69, 9.17) is 0 Å². The second-order valence-corrected chi connectivity index (χ2v) is 5.76. The van der Waals surface area contributed by atoms with Crippen molar-refractivity contribution in [1.82, 2.24) is 0 Å². The van der Waals surface area contributed by atoms with E-state index in [-0.39, 0.29) is 5.75 Å². The molecule has 0 radical (unpaired) electrons. The largest absolute Gasteiger partial charge is 0.383 e. The van der Waals surface area contributed by atoms with Crippen LogP contribution in [-0.4, -0.2) is 20.7 Å². The molecule has 0 spiro atoms. The highest BCUT2D eigenvalue weighted by Crippen LogP contribution is 2.32. The lowest BCUT2D eigenvalue weighted by molar-refractivity contribution is 0.594. The van der Waals surface area contributed by atoms with Gasteiger partial charge in [0.15, 0.2) is 9.84 Å². The Morgan fingerprint density at radius 1 is 1.38 bits per heavy atom. The van der Waals surface area contributed by atoms with Crippen LogP contribution in [0.4, 0.5) is 5.69 Å². The average molecular weight is 262 g/mol. The van der Waals surface area contributed by atoms with E-state index in [1.807, 2.05) is 6.07 Å². The summed E-state index contributed by atoms with van der Waals surface area (Å²) in [6.45, 7) is 0.492. The molecule has 1 aromatic carbocycles. The summed E-state index contributed by atoms with van der Waals surface area (Å²) in [5, 5.41) is 3.05. The Labute approximate surface area is 85.2 Å². The van der Waals surface area contributed by atoms with Gasteiger partial charge in [0.25, 0.3) is 0 Å². The molecule has 2 rings (SSSR count). The van der Waals surface area contributed by atoms with Gasteiger partial charge in [0.05, 0.1) is 11.4 Å². The van der Waals surface area contributed by atoms with Gasteiger partial charge in [0, 0.05) is 11.0 Å². The number of hydrogen-bond acceptors (Lipinski definition) is 3. The molecule has 0 aromatic heterocycles. The molecule has 1 heterocycles. The van der Waals surface area contributed by atoms with Crippen LogP contribution >= 0.6 is 15.9 Å². The fourth-order valence-electron chi connectivity index (χ4n) is 1.39. The van der Waals surface area contributed by atoms with Crippen LogP contribution in [0.5, 0.6) is 0 Å². The Morgan fingerprint density at radius 3 is 2.85 bits per heavy atom. The topological polar surface area (TPSA) is 46.2 Å². The summed E-state index contributed by atoms with van der Waals surface area (Å²) < 4.78 is 23.9. The van der Waals surface area contributed by atoms with Crippen molar-refractivity contribution in [3.05, 3.63) is 22.7 Å². The molecule has 1 aromatic rings. The number of hydrogen-bond donors (Lipinski definition) is 1. The maximum atomic E-state index is 11.6. The van der Waals surface area contributed by atoms with Crippen molar-refractivity contribution < 1.29 is 8.42 Å². The van der Waals surface area contributed by atoms with Gasteiger partial charge in [0.2, 0.25) is 0 Å². The van der Waals surface area contributed by atoms with E-state index in [0.717, 1.165) is 0 Å². The highest BCUT2D eigenvalue weighted by molar-refractivity contribution is 9.10. The Kier molecular flexibility index (Phi) is 2.08. The van der Waals surface area contributed by atoms with Crippen molar-refractivity contribution in [2.45, 2.75) is 4.90 Å². The van der Waals surface area contributed by atoms with E-state index < -0.39 is 9.84 Å². The quantitative estimate of drug-likeness (QED) is 0.773. The number of sulfone groups is 1. The predicted molar refractivity (Wildman–Crippen MR) is 54.7 cm³/mol. The van der Waals surface area contributed by atoms with Crippen LogP contribution in [0.1, 0.15) is 0 Å². The molecule has 0 amide bonds. The highest BCUT2D eigenvalue weighted by atomic mass is 79.9. The summed E-state index contributed by atoms with van der Waals surface area (Å²) in [5.41, 5.74) is 0.695. The van der Waals surface area contributed by atoms with Crippen molar-refractivity contribution >= 4 is 31.5 Å². The monoisotopic (exact) mass is 261 g/mol. The smallest absolute Gasteiger partial charge is 0.183 e. The standard InChI is InChI=1S/C8H8BrNO2S/c9-6-2-1-3-7-8(6)13(11,12)5-4-10-7/h1-3,10H,4-5H2. The summed E-state index contributed by atoms with van der Waals surface area (Å²) in [4.78, 5) is 0.390. The molecule has 0 saturated carbocycles. The summed E-state index contributed by atoms with van der Waals surface area (Å²) in [7, 11) is -3.08. The molecule has 0 atom stereocenters. The van der Waals surface area contributed by atoms with Gasteiger partial charge in [-0.25, -0.2) is 8.42 Å². The summed E-state index contributed by atoms with van der Waals surface area (Å²) >= 11 is 3.24. The molecule has 0 fully saturated rings. The second-order valence-electron chi connectivity index (χ2n) is 2.86. The minimum absolute atomic E-state index is 0.169. The van der Waals surface area contributed by atoms with Crippen LogP contribution in [0.25, 0.3) is 0 Å². The summed E-state index contributed by atoms with van der Waals surface area (Å²) in [6, 6.07) is 5.33. The third kappa shape index (κ3) is 1.46. The lowest BCUT2D eigenvalue weighted by Gasteiger charge is -2.18. The van der Waals surface area contributed by atoms with Gasteiger partial charge in [-0.15, -0.1) is 0 Å². The zero-order chi connectivity index (χ0) is 9.47. The molecular formula is C8H8BrNO2S. The fraction of sp³-hybridized carbons (Fsp3) is 0.250. The first-order valence-electron chi connectivity index (χ1n) is 3.86. The normalized spacial score (nSPS) is 18.8. The lowest BCUT2D eigenvalue weighted by Crippen LogP contribution is -2.23. The Balaban J connectivity index is 2.75. The molecule has 5 heteroatoms. The van der Waals surface area contributed by atoms with Crippen molar-refractivity contribution in [2.24, 2.45) is 0 Å². The van der Waals surface area contributed by atoms with E-state index in [1.165, 1.54) is 0 Å². The van der Waals surface area contributed by atoms with Crippen LogP contribution in [0, 0.1) is 0 Å². The minimum Gasteiger partial charge on any atom is -0.383 e. The minimum atomic E-state index is -3.08. The van der Waals surface area contributed by atoms with E-state index in [2.05, 4.69) is 21.2 Å². The number of benzene rings is 1. The maximum Gasteiger partial charge on any atom is 0.183 e. The molecule has 0 saturated heterocycles. The zero-order valence-electron chi connectivity index (χ0n) is 6.75. The molecule has 0 unspecified atom stereocenters. The van der Waals surface area contributed by atoms with E-state index >= 15 is 0 Å². The average Bonchev–Trinajstić information content (AvgIpc) is 2.02. The van der Waals surface area contributed by atoms with Crippen LogP contribution in [0.3, 0.4) is 0 Å². The van der Waals surface area contributed by atoms with Gasteiger partial charge in [-0.3, -0.25) is 0 Å². The molecule has 0 bridgehead atoms. The molecule has 13 heavy (non-hydrogen) atoms. The molecule has 0 aliphatic carbocycles. The van der Waals surface area contributed by atoms with Crippen LogP contribution < -0.4 is 5.32 Å². The molecule has 1 N–H and O–H groups in total. The zero-order valence-corrected chi connectivity index (χ0v) is 9.15. The highest BCUT2D eigenvalue weighted by Gasteiger charge is 2.25. The SMILES string of the molecule is O=S1(=O)CCNc2cccc(Br)c21. The van der Waals surface area contributed by atoms with Gasteiger partial charge < -0.3 is 5.32 Å². The maximum absolute atomic E-state index is 11.6. The Morgan fingerprint density at radius 2 is 2.15 bits per heavy atom. The first-order valence-corrected chi connectivity index (χ1v) is 6.31. The molecular weight excluding hydrogens is 254 g/mol. The number of nitrogens with one attached hydrogen (secondary N) is 1. The summed E-state index contributed by atoms with van der Waals surface area (Å²) in [5.74, 6) is 0.169. The Bertz CT molecular complexity index is 441. The molecule has 1 aliphatic heterocycles. The number of rotatable bonds is 0. The third-order valence-electron chi connectivity index (χ3n) is 1.96. The third-order valence-corrected chi connectivity index (χ3v) is 4.69. The van der Waals surface area contributed by atoms with E-state index in [1.54, 1.807) is 12.1 Å². The molecule has 3 nitrogen and oxygen atoms in total. The second kappa shape index (κ2) is 2.99. The van der Waals surface area contributed by atoms with Crippen LogP contribution in [0.2, 0.25) is 0 Å². The first kappa shape index (κ1) is 9.02. The predicted octanol–water partition coefficient (Wildman–Crippen LogP) is 1.65. The van der Waals surface area contributed by atoms with Gasteiger partial charge in [-0.1, -0.05) is 6.07 Å². The molecule has 1 aliphatic rings. The van der Waals surface area contributed by atoms with E-state index in [0.29, 0.717) is 21.6 Å². The van der Waals surface area contributed by atoms with Gasteiger partial charge in [-0.2, -0.15) is 0 Å². The first-order chi connectivity index (χ1) is 6.11. The summed E-state index contributed by atoms with van der Waals surface area (Å²) in [6.07, 6.45) is 0. The number of anilines is 1. The Hall–Kier alpha value is -0.550. The van der Waals surface area contributed by atoms with E-state index in [9.17, 15) is 8.42 Å². The van der Waals surface area contributed by atoms with Crippen molar-refractivity contribution in [3.63, 3.8) is 0 Å². The van der Waals surface area contributed by atoms with Gasteiger partial charge >= 0.3 is 0 Å². The van der Waals surface area contributed by atoms with Crippen molar-refractivity contribution in [1.29, 1.82) is 0 Å². The lowest BCUT2D eigenvalue weighted by atomic mass is 10.3. The van der Waals surface area contributed by atoms with Gasteiger partial charge in [-0.05, 0) is 28.1 Å². The fourth-order valence-corrected chi connectivity index (χ4v) is 3.91. The van der Waals surface area contributed by atoms with Crippen LogP contribution in [-0.2, 0) is 9.84 Å². The number of fused-ring (bicyclic) bond motifs is 1. The van der Waals surface area contributed by atoms with Crippen molar-refractivity contribution in [2.75, 3.05) is 17.6 Å².